The summed E-state index contributed by atoms with van der Waals surface area (Å²) in [6, 6.07) is 9.47. The molecule has 3 heteroatoms. The van der Waals surface area contributed by atoms with Gasteiger partial charge >= 0.3 is 0 Å². The number of ether oxygens (including phenoxy) is 1. The first-order chi connectivity index (χ1) is 8.03. The summed E-state index contributed by atoms with van der Waals surface area (Å²) in [5.41, 5.74) is -0.786. The van der Waals surface area contributed by atoms with Crippen LogP contribution < -0.4 is 4.74 Å². The van der Waals surface area contributed by atoms with Gasteiger partial charge in [0.15, 0.2) is 5.60 Å². The van der Waals surface area contributed by atoms with Crippen LogP contribution in [0.2, 0.25) is 0 Å². The van der Waals surface area contributed by atoms with Crippen LogP contribution in [-0.4, -0.2) is 30.0 Å². The maximum atomic E-state index is 12.2. The number of hydrogen-bond donors (Lipinski definition) is 0. The van der Waals surface area contributed by atoms with E-state index in [9.17, 15) is 4.79 Å². The van der Waals surface area contributed by atoms with Crippen molar-refractivity contribution in [3.05, 3.63) is 30.3 Å². The first-order valence-electron chi connectivity index (χ1n) is 6.03. The van der Waals surface area contributed by atoms with Crippen molar-refractivity contribution in [1.82, 2.24) is 4.90 Å². The number of benzene rings is 1. The largest absolute Gasteiger partial charge is 0.478 e. The molecule has 0 N–H and O–H groups in total. The van der Waals surface area contributed by atoms with Crippen molar-refractivity contribution in [2.45, 2.75) is 32.8 Å². The molecule has 0 radical (unpaired) electrons. The van der Waals surface area contributed by atoms with Gasteiger partial charge in [-0.1, -0.05) is 25.1 Å². The Kier molecular flexibility index (Phi) is 4.55. The van der Waals surface area contributed by atoms with Gasteiger partial charge in [0.25, 0.3) is 5.91 Å². The van der Waals surface area contributed by atoms with E-state index in [0.717, 1.165) is 5.75 Å². The standard InChI is InChI=1S/C14H21NO2/c1-5-14(3,13(16)15(4)6-2)17-12-10-8-7-9-11-12/h7-11H,5-6H2,1-4H3. The molecule has 0 fully saturated rings. The fourth-order valence-electron chi connectivity index (χ4n) is 1.56. The molecule has 0 spiro atoms. The second-order valence-electron chi connectivity index (χ2n) is 4.32. The summed E-state index contributed by atoms with van der Waals surface area (Å²) in [5, 5.41) is 0. The average Bonchev–Trinajstić information content (AvgIpc) is 2.37. The zero-order valence-electron chi connectivity index (χ0n) is 11.1. The summed E-state index contributed by atoms with van der Waals surface area (Å²) < 4.78 is 5.84. The molecule has 0 aliphatic carbocycles. The molecule has 0 bridgehead atoms. The Labute approximate surface area is 103 Å². The molecular weight excluding hydrogens is 214 g/mol. The van der Waals surface area contributed by atoms with Gasteiger partial charge in [-0.05, 0) is 32.4 Å². The van der Waals surface area contributed by atoms with Gasteiger partial charge in [-0.2, -0.15) is 0 Å². The smallest absolute Gasteiger partial charge is 0.266 e. The minimum absolute atomic E-state index is 0.0198. The van der Waals surface area contributed by atoms with E-state index in [4.69, 9.17) is 4.74 Å². The van der Waals surface area contributed by atoms with Crippen molar-refractivity contribution in [1.29, 1.82) is 0 Å². The molecule has 1 rings (SSSR count). The number of para-hydroxylation sites is 1. The van der Waals surface area contributed by atoms with Crippen LogP contribution in [-0.2, 0) is 4.79 Å². The van der Waals surface area contributed by atoms with E-state index in [2.05, 4.69) is 0 Å². The molecule has 94 valence electrons. The minimum atomic E-state index is -0.786. The lowest BCUT2D eigenvalue weighted by Crippen LogP contribution is -2.49. The first-order valence-corrected chi connectivity index (χ1v) is 6.03. The van der Waals surface area contributed by atoms with E-state index < -0.39 is 5.60 Å². The average molecular weight is 235 g/mol. The second kappa shape index (κ2) is 5.71. The summed E-state index contributed by atoms with van der Waals surface area (Å²) in [5.74, 6) is 0.751. The third-order valence-electron chi connectivity index (χ3n) is 3.03. The molecule has 3 nitrogen and oxygen atoms in total. The Morgan fingerprint density at radius 1 is 1.29 bits per heavy atom. The normalized spacial score (nSPS) is 13.9. The molecule has 17 heavy (non-hydrogen) atoms. The molecule has 1 aromatic carbocycles. The molecule has 0 saturated carbocycles. The molecule has 0 saturated heterocycles. The van der Waals surface area contributed by atoms with Gasteiger partial charge in [-0.15, -0.1) is 0 Å². The Morgan fingerprint density at radius 2 is 1.88 bits per heavy atom. The number of rotatable bonds is 5. The summed E-state index contributed by atoms with van der Waals surface area (Å²) in [6.45, 7) is 6.45. The van der Waals surface area contributed by atoms with Crippen LogP contribution in [0, 0.1) is 0 Å². The predicted octanol–water partition coefficient (Wildman–Crippen LogP) is 2.71. The second-order valence-corrected chi connectivity index (χ2v) is 4.32. The van der Waals surface area contributed by atoms with Gasteiger partial charge in [0.1, 0.15) is 5.75 Å². The van der Waals surface area contributed by atoms with Crippen molar-refractivity contribution < 1.29 is 9.53 Å². The highest BCUT2D eigenvalue weighted by Gasteiger charge is 2.35. The van der Waals surface area contributed by atoms with E-state index in [1.807, 2.05) is 51.1 Å². The zero-order chi connectivity index (χ0) is 12.9. The summed E-state index contributed by atoms with van der Waals surface area (Å²) >= 11 is 0. The van der Waals surface area contributed by atoms with Crippen molar-refractivity contribution in [3.8, 4) is 5.75 Å². The fraction of sp³-hybridized carbons (Fsp3) is 0.500. The highest BCUT2D eigenvalue weighted by molar-refractivity contribution is 5.85. The lowest BCUT2D eigenvalue weighted by molar-refractivity contribution is -0.145. The quantitative estimate of drug-likeness (QED) is 0.785. The zero-order valence-corrected chi connectivity index (χ0v) is 11.1. The minimum Gasteiger partial charge on any atom is -0.478 e. The van der Waals surface area contributed by atoms with Crippen molar-refractivity contribution >= 4 is 5.91 Å². The number of carbonyl (C=O) groups is 1. The van der Waals surface area contributed by atoms with E-state index in [0.29, 0.717) is 13.0 Å². The summed E-state index contributed by atoms with van der Waals surface area (Å²) in [4.78, 5) is 13.9. The van der Waals surface area contributed by atoms with Crippen LogP contribution in [0.3, 0.4) is 0 Å². The third-order valence-corrected chi connectivity index (χ3v) is 3.03. The van der Waals surface area contributed by atoms with E-state index in [1.165, 1.54) is 0 Å². The lowest BCUT2D eigenvalue weighted by atomic mass is 10.0. The van der Waals surface area contributed by atoms with Crippen LogP contribution in [0.25, 0.3) is 0 Å². The van der Waals surface area contributed by atoms with E-state index in [1.54, 1.807) is 11.9 Å². The van der Waals surface area contributed by atoms with Crippen LogP contribution in [0.5, 0.6) is 5.75 Å². The van der Waals surface area contributed by atoms with Crippen molar-refractivity contribution in [2.24, 2.45) is 0 Å². The molecule has 0 aromatic heterocycles. The molecule has 1 atom stereocenters. The van der Waals surface area contributed by atoms with Gasteiger partial charge in [0, 0.05) is 13.6 Å². The Morgan fingerprint density at radius 3 is 2.35 bits per heavy atom. The van der Waals surface area contributed by atoms with Gasteiger partial charge in [-0.3, -0.25) is 4.79 Å². The molecule has 1 aromatic rings. The fourth-order valence-corrected chi connectivity index (χ4v) is 1.56. The Bertz CT molecular complexity index is 364. The molecule has 0 aliphatic rings. The lowest BCUT2D eigenvalue weighted by Gasteiger charge is -2.32. The van der Waals surface area contributed by atoms with Crippen LogP contribution in [0.15, 0.2) is 30.3 Å². The van der Waals surface area contributed by atoms with Gasteiger partial charge in [0.2, 0.25) is 0 Å². The summed E-state index contributed by atoms with van der Waals surface area (Å²) in [6.07, 6.45) is 0.644. The molecular formula is C14H21NO2. The molecule has 1 unspecified atom stereocenters. The predicted molar refractivity (Wildman–Crippen MR) is 69.1 cm³/mol. The molecule has 0 heterocycles. The van der Waals surface area contributed by atoms with Gasteiger partial charge < -0.3 is 9.64 Å². The molecule has 1 amide bonds. The number of carbonyl (C=O) groups excluding carboxylic acids is 1. The monoisotopic (exact) mass is 235 g/mol. The van der Waals surface area contributed by atoms with Crippen molar-refractivity contribution in [3.63, 3.8) is 0 Å². The van der Waals surface area contributed by atoms with Crippen LogP contribution in [0.1, 0.15) is 27.2 Å². The SMILES string of the molecule is CCN(C)C(=O)C(C)(CC)Oc1ccccc1. The number of amides is 1. The third kappa shape index (κ3) is 3.22. The number of likely N-dealkylation sites (N-methyl/N-ethyl adjacent to an activating group) is 1. The maximum absolute atomic E-state index is 12.2. The summed E-state index contributed by atoms with van der Waals surface area (Å²) in [7, 11) is 1.80. The van der Waals surface area contributed by atoms with Gasteiger partial charge in [0.05, 0.1) is 0 Å². The number of hydrogen-bond acceptors (Lipinski definition) is 2. The Hall–Kier alpha value is -1.51. The van der Waals surface area contributed by atoms with Crippen molar-refractivity contribution in [2.75, 3.05) is 13.6 Å². The van der Waals surface area contributed by atoms with Gasteiger partial charge in [-0.25, -0.2) is 0 Å². The maximum Gasteiger partial charge on any atom is 0.266 e. The highest BCUT2D eigenvalue weighted by atomic mass is 16.5. The first kappa shape index (κ1) is 13.6. The van der Waals surface area contributed by atoms with E-state index in [-0.39, 0.29) is 5.91 Å². The highest BCUT2D eigenvalue weighted by Crippen LogP contribution is 2.22. The number of nitrogens with zero attached hydrogens (tertiary/aromatic N) is 1. The topological polar surface area (TPSA) is 29.5 Å². The van der Waals surface area contributed by atoms with Crippen LogP contribution in [0.4, 0.5) is 0 Å². The van der Waals surface area contributed by atoms with Crippen LogP contribution >= 0.6 is 0 Å². The molecule has 0 aliphatic heterocycles. The van der Waals surface area contributed by atoms with E-state index >= 15 is 0 Å². The Balaban J connectivity index is 2.86.